The number of benzene rings is 1. The minimum absolute atomic E-state index is 0.286. The predicted molar refractivity (Wildman–Crippen MR) is 125 cm³/mol. The van der Waals surface area contributed by atoms with Gasteiger partial charge in [-0.05, 0) is 54.7 Å². The molecular formula is C26H25FN4O. The number of pyridine rings is 1. The highest BCUT2D eigenvalue weighted by Crippen LogP contribution is 2.47. The molecule has 1 aromatic carbocycles. The van der Waals surface area contributed by atoms with E-state index in [1.165, 1.54) is 6.07 Å². The second kappa shape index (κ2) is 7.28. The van der Waals surface area contributed by atoms with E-state index < -0.39 is 6.10 Å². The van der Waals surface area contributed by atoms with Crippen LogP contribution in [0, 0.1) is 12.7 Å². The molecule has 2 aromatic heterocycles. The summed E-state index contributed by atoms with van der Waals surface area (Å²) in [5, 5.41) is 18.8. The van der Waals surface area contributed by atoms with Crippen molar-refractivity contribution in [2.24, 2.45) is 0 Å². The standard InChI is InChI=1S/C26H25FN4O/c1-6-17-15(5)31-12-20-24(16-10-28-29-11-16)19-7-14(4)21(27)9-22(19)30-25(20)23(31)8-18(17)26(32)13(2)3/h7-11,26,32H,2,5-6,12H2,1,3-4H3,(H,28,29). The van der Waals surface area contributed by atoms with E-state index >= 15 is 0 Å². The van der Waals surface area contributed by atoms with Crippen molar-refractivity contribution < 1.29 is 9.50 Å². The van der Waals surface area contributed by atoms with Gasteiger partial charge in [0.05, 0.1) is 35.8 Å². The molecule has 0 aliphatic carbocycles. The number of aryl methyl sites for hydroxylation is 1. The lowest BCUT2D eigenvalue weighted by atomic mass is 9.90. The van der Waals surface area contributed by atoms with Crippen molar-refractivity contribution in [2.75, 3.05) is 0 Å². The first-order valence-electron chi connectivity index (χ1n) is 10.7. The van der Waals surface area contributed by atoms with Crippen LogP contribution in [-0.2, 0) is 6.54 Å². The van der Waals surface area contributed by atoms with Crippen LogP contribution in [0.2, 0.25) is 0 Å². The number of aliphatic hydroxyl groups is 1. The molecule has 2 N–H and O–H groups in total. The van der Waals surface area contributed by atoms with Crippen LogP contribution >= 0.6 is 0 Å². The Balaban J connectivity index is 1.82. The number of hydrogen-bond acceptors (Lipinski definition) is 4. The summed E-state index contributed by atoms with van der Waals surface area (Å²) in [5.41, 5.74) is 9.09. The van der Waals surface area contributed by atoms with Gasteiger partial charge >= 0.3 is 0 Å². The van der Waals surface area contributed by atoms with Crippen molar-refractivity contribution in [3.8, 4) is 11.1 Å². The maximum Gasteiger partial charge on any atom is 0.128 e. The zero-order valence-electron chi connectivity index (χ0n) is 18.5. The molecule has 162 valence electrons. The fraction of sp³-hybridized carbons (Fsp3) is 0.231. The van der Waals surface area contributed by atoms with Crippen LogP contribution in [0.25, 0.3) is 27.7 Å². The zero-order valence-corrected chi connectivity index (χ0v) is 18.5. The van der Waals surface area contributed by atoms with Crippen molar-refractivity contribution in [3.05, 3.63) is 88.8 Å². The first-order valence-corrected chi connectivity index (χ1v) is 10.7. The van der Waals surface area contributed by atoms with E-state index in [1.807, 2.05) is 25.3 Å². The Morgan fingerprint density at radius 3 is 2.81 bits per heavy atom. The van der Waals surface area contributed by atoms with Gasteiger partial charge in [0.1, 0.15) is 5.82 Å². The molecule has 0 radical (unpaired) electrons. The first kappa shape index (κ1) is 20.4. The number of hydrogen-bond donors (Lipinski definition) is 2. The molecule has 0 spiro atoms. The molecule has 0 bridgehead atoms. The minimum Gasteiger partial charge on any atom is -0.384 e. The van der Waals surface area contributed by atoms with Crippen molar-refractivity contribution in [2.45, 2.75) is 39.8 Å². The van der Waals surface area contributed by atoms with E-state index in [4.69, 9.17) is 4.98 Å². The van der Waals surface area contributed by atoms with Crippen LogP contribution in [0.3, 0.4) is 0 Å². The zero-order chi connectivity index (χ0) is 22.7. The van der Waals surface area contributed by atoms with Gasteiger partial charge in [0.25, 0.3) is 0 Å². The lowest BCUT2D eigenvalue weighted by Crippen LogP contribution is -2.24. The summed E-state index contributed by atoms with van der Waals surface area (Å²) in [6, 6.07) is 3.35. The smallest absolute Gasteiger partial charge is 0.128 e. The van der Waals surface area contributed by atoms with E-state index in [9.17, 15) is 9.50 Å². The maximum atomic E-state index is 14.5. The van der Waals surface area contributed by atoms with E-state index in [1.54, 1.807) is 13.1 Å². The second-order valence-corrected chi connectivity index (χ2v) is 8.52. The van der Waals surface area contributed by atoms with E-state index in [0.717, 1.165) is 56.7 Å². The van der Waals surface area contributed by atoms with Crippen LogP contribution in [0.15, 0.2) is 66.2 Å². The molecule has 0 amide bonds. The van der Waals surface area contributed by atoms with E-state index in [0.29, 0.717) is 23.2 Å². The highest BCUT2D eigenvalue weighted by atomic mass is 19.1. The number of aromatic nitrogens is 3. The van der Waals surface area contributed by atoms with Gasteiger partial charge in [-0.1, -0.05) is 20.1 Å². The molecule has 2 aliphatic heterocycles. The molecule has 5 rings (SSSR count). The van der Waals surface area contributed by atoms with Gasteiger partial charge < -0.3 is 10.0 Å². The molecule has 4 heterocycles. The molecule has 3 aromatic rings. The molecular weight excluding hydrogens is 403 g/mol. The number of halogens is 1. The quantitative estimate of drug-likeness (QED) is 0.546. The van der Waals surface area contributed by atoms with E-state index in [-0.39, 0.29) is 5.82 Å². The van der Waals surface area contributed by atoms with Crippen LogP contribution in [0.1, 0.15) is 37.1 Å². The minimum atomic E-state index is -0.783. The lowest BCUT2D eigenvalue weighted by Gasteiger charge is -2.32. The number of aromatic amines is 1. The van der Waals surface area contributed by atoms with Crippen molar-refractivity contribution >= 4 is 16.6 Å². The predicted octanol–water partition coefficient (Wildman–Crippen LogP) is 5.40. The third-order valence-corrected chi connectivity index (χ3v) is 6.43. The van der Waals surface area contributed by atoms with Crippen LogP contribution in [-0.4, -0.2) is 31.3 Å². The molecule has 0 saturated heterocycles. The average Bonchev–Trinajstić information content (AvgIpc) is 3.41. The number of aliphatic hydroxyl groups excluding tert-OH is 1. The Bertz CT molecular complexity index is 1360. The first-order chi connectivity index (χ1) is 15.3. The van der Waals surface area contributed by atoms with Crippen molar-refractivity contribution in [3.63, 3.8) is 0 Å². The van der Waals surface area contributed by atoms with Crippen molar-refractivity contribution in [1.29, 1.82) is 0 Å². The Hall–Kier alpha value is -3.51. The molecule has 1 unspecified atom stereocenters. The summed E-state index contributed by atoms with van der Waals surface area (Å²) in [4.78, 5) is 7.02. The maximum absolute atomic E-state index is 14.5. The number of nitrogens with one attached hydrogen (secondary N) is 1. The second-order valence-electron chi connectivity index (χ2n) is 8.52. The number of allylic oxidation sites excluding steroid dienone is 1. The van der Waals surface area contributed by atoms with Gasteiger partial charge in [0.15, 0.2) is 0 Å². The third kappa shape index (κ3) is 2.87. The fourth-order valence-corrected chi connectivity index (χ4v) is 4.76. The van der Waals surface area contributed by atoms with Gasteiger partial charge in [0.2, 0.25) is 0 Å². The number of fused-ring (bicyclic) bond motifs is 4. The molecule has 2 aliphatic rings. The molecule has 6 heteroatoms. The van der Waals surface area contributed by atoms with Gasteiger partial charge in [0, 0.05) is 40.0 Å². The molecule has 0 fully saturated rings. The number of nitrogens with zero attached hydrogens (tertiary/aromatic N) is 3. The summed E-state index contributed by atoms with van der Waals surface area (Å²) in [5.74, 6) is -0.286. The topological polar surface area (TPSA) is 65.0 Å². The third-order valence-electron chi connectivity index (χ3n) is 6.43. The normalized spacial score (nSPS) is 16.3. The Morgan fingerprint density at radius 1 is 1.38 bits per heavy atom. The van der Waals surface area contributed by atoms with Gasteiger partial charge in [-0.2, -0.15) is 5.10 Å². The Morgan fingerprint density at radius 2 is 2.16 bits per heavy atom. The van der Waals surface area contributed by atoms with Crippen LogP contribution in [0.4, 0.5) is 4.39 Å². The molecule has 0 saturated carbocycles. The highest BCUT2D eigenvalue weighted by Gasteiger charge is 2.36. The summed E-state index contributed by atoms with van der Waals surface area (Å²) in [6.45, 7) is 14.5. The summed E-state index contributed by atoms with van der Waals surface area (Å²) >= 11 is 0. The van der Waals surface area contributed by atoms with Gasteiger partial charge in [-0.25, -0.2) is 9.37 Å². The average molecular weight is 429 g/mol. The monoisotopic (exact) mass is 428 g/mol. The summed E-state index contributed by atoms with van der Waals surface area (Å²) in [7, 11) is 0. The van der Waals surface area contributed by atoms with Gasteiger partial charge in [-0.15, -0.1) is 0 Å². The number of rotatable bonds is 4. The van der Waals surface area contributed by atoms with Crippen LogP contribution in [0.5, 0.6) is 0 Å². The molecule has 32 heavy (non-hydrogen) atoms. The SMILES string of the molecule is C=C(C)C(O)C1=C(CC)C(=C)N2Cc3c(nc4cc(F)c(C)cc4c3-c3cn[nH]c3)C2=C1. The van der Waals surface area contributed by atoms with E-state index in [2.05, 4.69) is 35.2 Å². The summed E-state index contributed by atoms with van der Waals surface area (Å²) < 4.78 is 14.5. The molecule has 1 atom stereocenters. The Kier molecular flexibility index (Phi) is 4.64. The lowest BCUT2D eigenvalue weighted by molar-refractivity contribution is 0.248. The molecule has 5 nitrogen and oxygen atoms in total. The largest absolute Gasteiger partial charge is 0.384 e. The highest BCUT2D eigenvalue weighted by molar-refractivity contribution is 5.99. The fourth-order valence-electron chi connectivity index (χ4n) is 4.76. The Labute approximate surface area is 186 Å². The van der Waals surface area contributed by atoms with Crippen molar-refractivity contribution in [1.82, 2.24) is 20.1 Å². The summed E-state index contributed by atoms with van der Waals surface area (Å²) in [6.07, 6.45) is 5.57. The number of H-pyrrole nitrogens is 1. The van der Waals surface area contributed by atoms with Gasteiger partial charge in [-0.3, -0.25) is 5.10 Å². The van der Waals surface area contributed by atoms with Crippen LogP contribution < -0.4 is 0 Å².